The molecule has 0 aliphatic carbocycles. The Morgan fingerprint density at radius 1 is 0.821 bits per heavy atom. The fourth-order valence-corrected chi connectivity index (χ4v) is 2.47. The van der Waals surface area contributed by atoms with Gasteiger partial charge in [-0.25, -0.2) is 18.2 Å². The first-order valence-corrected chi connectivity index (χ1v) is 8.16. The quantitative estimate of drug-likeness (QED) is 0.595. The van der Waals surface area contributed by atoms with Gasteiger partial charge in [0.15, 0.2) is 17.5 Å². The van der Waals surface area contributed by atoms with Crippen LogP contribution in [0.3, 0.4) is 0 Å². The molecule has 1 aromatic heterocycles. The molecule has 0 fully saturated rings. The largest absolute Gasteiger partial charge is 0.497 e. The molecule has 1 heterocycles. The summed E-state index contributed by atoms with van der Waals surface area (Å²) in [6.45, 7) is 1.71. The third-order valence-electron chi connectivity index (χ3n) is 3.81. The van der Waals surface area contributed by atoms with E-state index in [-0.39, 0.29) is 11.6 Å². The van der Waals surface area contributed by atoms with Crippen LogP contribution < -0.4 is 20.1 Å². The van der Waals surface area contributed by atoms with Crippen LogP contribution in [0.4, 0.5) is 36.3 Å². The number of halogens is 3. The van der Waals surface area contributed by atoms with Crippen molar-refractivity contribution in [3.63, 3.8) is 0 Å². The minimum Gasteiger partial charge on any atom is -0.497 e. The summed E-state index contributed by atoms with van der Waals surface area (Å²) in [4.78, 5) is 8.37. The van der Waals surface area contributed by atoms with Gasteiger partial charge in [0.25, 0.3) is 0 Å². The first-order chi connectivity index (χ1) is 13.4. The van der Waals surface area contributed by atoms with Crippen LogP contribution in [0.25, 0.3) is 0 Å². The second kappa shape index (κ2) is 8.03. The molecule has 146 valence electrons. The van der Waals surface area contributed by atoms with Crippen LogP contribution in [0.15, 0.2) is 36.4 Å². The Balaban J connectivity index is 1.89. The summed E-state index contributed by atoms with van der Waals surface area (Å²) in [6.07, 6.45) is 0. The lowest BCUT2D eigenvalue weighted by Crippen LogP contribution is -2.05. The van der Waals surface area contributed by atoms with Gasteiger partial charge in [-0.15, -0.1) is 0 Å². The minimum absolute atomic E-state index is 0.0138. The van der Waals surface area contributed by atoms with Gasteiger partial charge in [0.05, 0.1) is 25.6 Å². The molecule has 0 spiro atoms. The summed E-state index contributed by atoms with van der Waals surface area (Å²) in [7, 11) is 3.06. The van der Waals surface area contributed by atoms with Crippen molar-refractivity contribution in [2.45, 2.75) is 6.92 Å². The predicted octanol–water partition coefficient (Wildman–Crippen LogP) is 4.71. The van der Waals surface area contributed by atoms with E-state index in [1.807, 2.05) is 0 Å². The first kappa shape index (κ1) is 19.3. The molecule has 0 radical (unpaired) electrons. The number of methoxy groups -OCH3 is 2. The molecule has 2 aromatic carbocycles. The summed E-state index contributed by atoms with van der Waals surface area (Å²) >= 11 is 0. The fourth-order valence-electron chi connectivity index (χ4n) is 2.47. The van der Waals surface area contributed by atoms with Crippen molar-refractivity contribution >= 4 is 23.1 Å². The van der Waals surface area contributed by atoms with Crippen LogP contribution in [-0.2, 0) is 0 Å². The van der Waals surface area contributed by atoms with E-state index in [0.29, 0.717) is 28.7 Å². The third kappa shape index (κ3) is 4.08. The molecule has 0 aliphatic heterocycles. The Bertz CT molecular complexity index is 1010. The molecule has 0 saturated carbocycles. The molecule has 0 atom stereocenters. The van der Waals surface area contributed by atoms with Gasteiger partial charge in [0.1, 0.15) is 17.3 Å². The van der Waals surface area contributed by atoms with Gasteiger partial charge in [-0.3, -0.25) is 0 Å². The summed E-state index contributed by atoms with van der Waals surface area (Å²) < 4.78 is 50.9. The number of aromatic nitrogens is 2. The van der Waals surface area contributed by atoms with E-state index in [4.69, 9.17) is 9.47 Å². The van der Waals surface area contributed by atoms with E-state index in [2.05, 4.69) is 20.6 Å². The molecule has 0 aliphatic rings. The molecule has 0 unspecified atom stereocenters. The number of nitrogens with one attached hydrogen (secondary N) is 2. The molecule has 28 heavy (non-hydrogen) atoms. The van der Waals surface area contributed by atoms with E-state index in [1.165, 1.54) is 7.11 Å². The molecule has 0 saturated heterocycles. The summed E-state index contributed by atoms with van der Waals surface area (Å²) in [6, 6.07) is 8.74. The monoisotopic (exact) mass is 390 g/mol. The van der Waals surface area contributed by atoms with Crippen molar-refractivity contribution < 1.29 is 22.6 Å². The zero-order chi connectivity index (χ0) is 20.3. The van der Waals surface area contributed by atoms with Gasteiger partial charge >= 0.3 is 0 Å². The van der Waals surface area contributed by atoms with Crippen molar-refractivity contribution in [2.75, 3.05) is 24.9 Å². The second-order valence-electron chi connectivity index (χ2n) is 5.76. The second-order valence-corrected chi connectivity index (χ2v) is 5.76. The van der Waals surface area contributed by atoms with Crippen LogP contribution in [-0.4, -0.2) is 24.2 Å². The number of aryl methyl sites for hydroxylation is 1. The molecular formula is C19H17F3N4O2. The van der Waals surface area contributed by atoms with Crippen LogP contribution >= 0.6 is 0 Å². The summed E-state index contributed by atoms with van der Waals surface area (Å²) in [5.74, 6) is -2.65. The number of hydrogen-bond donors (Lipinski definition) is 2. The topological polar surface area (TPSA) is 68.3 Å². The lowest BCUT2D eigenvalue weighted by Gasteiger charge is -2.13. The van der Waals surface area contributed by atoms with Crippen molar-refractivity contribution in [1.82, 2.24) is 9.97 Å². The molecular weight excluding hydrogens is 373 g/mol. The number of ether oxygens (including phenoxy) is 2. The zero-order valence-corrected chi connectivity index (χ0v) is 15.3. The van der Waals surface area contributed by atoms with E-state index in [1.54, 1.807) is 38.3 Å². The molecule has 0 amide bonds. The molecule has 2 N–H and O–H groups in total. The van der Waals surface area contributed by atoms with Crippen LogP contribution in [0.2, 0.25) is 0 Å². The van der Waals surface area contributed by atoms with Crippen molar-refractivity contribution in [2.24, 2.45) is 0 Å². The van der Waals surface area contributed by atoms with Gasteiger partial charge < -0.3 is 20.1 Å². The molecule has 6 nitrogen and oxygen atoms in total. The van der Waals surface area contributed by atoms with Crippen LogP contribution in [0.1, 0.15) is 5.69 Å². The van der Waals surface area contributed by atoms with E-state index in [9.17, 15) is 13.2 Å². The molecule has 9 heteroatoms. The number of nitrogens with zero attached hydrogens (tertiary/aromatic N) is 2. The maximum Gasteiger partial charge on any atom is 0.229 e. The Kier molecular flexibility index (Phi) is 5.53. The highest BCUT2D eigenvalue weighted by atomic mass is 19.2. The van der Waals surface area contributed by atoms with Gasteiger partial charge in [-0.05, 0) is 31.2 Å². The SMILES string of the molecule is COc1ccc(Nc2cc(C)nc(Nc3ccc(F)c(F)c3F)n2)c(OC)c1. The Labute approximate surface area is 159 Å². The predicted molar refractivity (Wildman–Crippen MR) is 99.2 cm³/mol. The number of anilines is 4. The smallest absolute Gasteiger partial charge is 0.229 e. The lowest BCUT2D eigenvalue weighted by atomic mass is 10.2. The van der Waals surface area contributed by atoms with Crippen molar-refractivity contribution in [3.05, 3.63) is 59.5 Å². The summed E-state index contributed by atoms with van der Waals surface area (Å²) in [5.41, 5.74) is 0.902. The maximum atomic E-state index is 13.9. The van der Waals surface area contributed by atoms with Gasteiger partial charge in [-0.1, -0.05) is 0 Å². The molecule has 3 rings (SSSR count). The highest BCUT2D eigenvalue weighted by Crippen LogP contribution is 2.31. The normalized spacial score (nSPS) is 10.5. The van der Waals surface area contributed by atoms with E-state index in [0.717, 1.165) is 12.1 Å². The zero-order valence-electron chi connectivity index (χ0n) is 15.3. The van der Waals surface area contributed by atoms with Gasteiger partial charge in [0.2, 0.25) is 5.95 Å². The van der Waals surface area contributed by atoms with Crippen molar-refractivity contribution in [3.8, 4) is 11.5 Å². The Hall–Kier alpha value is -3.49. The highest BCUT2D eigenvalue weighted by Gasteiger charge is 2.15. The molecule has 3 aromatic rings. The highest BCUT2D eigenvalue weighted by molar-refractivity contribution is 5.67. The standard InChI is InChI=1S/C19H17F3N4O2/c1-10-8-16(24-13-6-4-11(27-2)9-15(13)28-3)26-19(23-10)25-14-7-5-12(20)17(21)18(14)22/h4-9H,1-3H3,(H2,23,24,25,26). The van der Waals surface area contributed by atoms with Crippen molar-refractivity contribution in [1.29, 1.82) is 0 Å². The maximum absolute atomic E-state index is 13.9. The lowest BCUT2D eigenvalue weighted by molar-refractivity contribution is 0.395. The minimum atomic E-state index is -1.57. The molecule has 0 bridgehead atoms. The van der Waals surface area contributed by atoms with E-state index < -0.39 is 17.5 Å². The Morgan fingerprint density at radius 2 is 1.57 bits per heavy atom. The third-order valence-corrected chi connectivity index (χ3v) is 3.81. The number of hydrogen-bond acceptors (Lipinski definition) is 6. The number of benzene rings is 2. The average Bonchev–Trinajstić information content (AvgIpc) is 2.68. The van der Waals surface area contributed by atoms with E-state index >= 15 is 0 Å². The first-order valence-electron chi connectivity index (χ1n) is 8.16. The van der Waals surface area contributed by atoms with Crippen LogP contribution in [0, 0.1) is 24.4 Å². The van der Waals surface area contributed by atoms with Crippen LogP contribution in [0.5, 0.6) is 11.5 Å². The fraction of sp³-hybridized carbons (Fsp3) is 0.158. The number of rotatable bonds is 6. The van der Waals surface area contributed by atoms with Gasteiger partial charge in [0, 0.05) is 17.8 Å². The Morgan fingerprint density at radius 3 is 2.29 bits per heavy atom. The summed E-state index contributed by atoms with van der Waals surface area (Å²) in [5, 5.41) is 5.64. The average molecular weight is 390 g/mol. The van der Waals surface area contributed by atoms with Gasteiger partial charge in [-0.2, -0.15) is 4.98 Å².